The molecule has 1 rings (SSSR count). The number of nitrogens with one attached hydrogen (secondary N) is 1. The number of methoxy groups -OCH3 is 1. The molecule has 4 atom stereocenters. The SMILES string of the molecule is CCNC(C)(COC1CCC(C)C(C)C1)C(=O)OC. The zero-order chi connectivity index (χ0) is 14.5. The molecule has 1 aliphatic rings. The summed E-state index contributed by atoms with van der Waals surface area (Å²) in [4.78, 5) is 11.8. The highest BCUT2D eigenvalue weighted by atomic mass is 16.5. The molecule has 1 aliphatic carbocycles. The lowest BCUT2D eigenvalue weighted by molar-refractivity contribution is -0.152. The van der Waals surface area contributed by atoms with Crippen LogP contribution in [0.3, 0.4) is 0 Å². The number of ether oxygens (including phenoxy) is 2. The second-order valence-electron chi connectivity index (χ2n) is 6.05. The predicted molar refractivity (Wildman–Crippen MR) is 76.0 cm³/mol. The van der Waals surface area contributed by atoms with Crippen molar-refractivity contribution < 1.29 is 14.3 Å². The maximum atomic E-state index is 11.8. The molecule has 112 valence electrons. The molecule has 0 aliphatic heterocycles. The van der Waals surface area contributed by atoms with Crippen molar-refractivity contribution in [3.63, 3.8) is 0 Å². The van der Waals surface area contributed by atoms with Crippen LogP contribution < -0.4 is 5.32 Å². The van der Waals surface area contributed by atoms with Crippen LogP contribution >= 0.6 is 0 Å². The molecule has 0 bridgehead atoms. The van der Waals surface area contributed by atoms with E-state index in [0.29, 0.717) is 19.1 Å². The lowest BCUT2D eigenvalue weighted by Gasteiger charge is -2.35. The van der Waals surface area contributed by atoms with Crippen molar-refractivity contribution in [3.8, 4) is 0 Å². The van der Waals surface area contributed by atoms with E-state index < -0.39 is 5.54 Å². The summed E-state index contributed by atoms with van der Waals surface area (Å²) in [6.07, 6.45) is 3.66. The molecule has 4 nitrogen and oxygen atoms in total. The number of esters is 1. The van der Waals surface area contributed by atoms with Gasteiger partial charge >= 0.3 is 5.97 Å². The van der Waals surface area contributed by atoms with E-state index in [0.717, 1.165) is 18.8 Å². The van der Waals surface area contributed by atoms with E-state index in [4.69, 9.17) is 9.47 Å². The molecule has 19 heavy (non-hydrogen) atoms. The van der Waals surface area contributed by atoms with Crippen molar-refractivity contribution in [1.82, 2.24) is 5.32 Å². The van der Waals surface area contributed by atoms with Gasteiger partial charge in [-0.25, -0.2) is 4.79 Å². The summed E-state index contributed by atoms with van der Waals surface area (Å²) in [6, 6.07) is 0. The van der Waals surface area contributed by atoms with Gasteiger partial charge in [-0.05, 0) is 44.6 Å². The highest BCUT2D eigenvalue weighted by Gasteiger charge is 2.35. The van der Waals surface area contributed by atoms with E-state index in [1.807, 2.05) is 13.8 Å². The van der Waals surface area contributed by atoms with Crippen LogP contribution in [0.1, 0.15) is 47.0 Å². The smallest absolute Gasteiger partial charge is 0.328 e. The van der Waals surface area contributed by atoms with Gasteiger partial charge in [-0.3, -0.25) is 0 Å². The lowest BCUT2D eigenvalue weighted by atomic mass is 9.80. The summed E-state index contributed by atoms with van der Waals surface area (Å²) < 4.78 is 10.8. The van der Waals surface area contributed by atoms with Crippen LogP contribution in [-0.4, -0.2) is 37.9 Å². The summed E-state index contributed by atoms with van der Waals surface area (Å²) in [5, 5.41) is 3.17. The molecular weight excluding hydrogens is 242 g/mol. The molecule has 0 aromatic carbocycles. The second kappa shape index (κ2) is 7.25. The highest BCUT2D eigenvalue weighted by Crippen LogP contribution is 2.31. The van der Waals surface area contributed by atoms with Gasteiger partial charge in [-0.2, -0.15) is 0 Å². The van der Waals surface area contributed by atoms with Crippen LogP contribution in [0, 0.1) is 11.8 Å². The summed E-state index contributed by atoms with van der Waals surface area (Å²) in [5.41, 5.74) is -0.740. The van der Waals surface area contributed by atoms with Crippen molar-refractivity contribution in [2.45, 2.75) is 58.6 Å². The summed E-state index contributed by atoms with van der Waals surface area (Å²) in [5.74, 6) is 1.22. The molecule has 1 saturated carbocycles. The Morgan fingerprint density at radius 3 is 2.53 bits per heavy atom. The number of carbonyl (C=O) groups is 1. The van der Waals surface area contributed by atoms with E-state index in [-0.39, 0.29) is 12.1 Å². The van der Waals surface area contributed by atoms with E-state index in [1.165, 1.54) is 13.5 Å². The number of rotatable bonds is 6. The maximum Gasteiger partial charge on any atom is 0.328 e. The van der Waals surface area contributed by atoms with E-state index in [2.05, 4.69) is 19.2 Å². The average Bonchev–Trinajstić information content (AvgIpc) is 2.39. The summed E-state index contributed by atoms with van der Waals surface area (Å²) in [6.45, 7) is 9.50. The molecule has 0 aromatic heterocycles. The maximum absolute atomic E-state index is 11.8. The zero-order valence-corrected chi connectivity index (χ0v) is 13.0. The van der Waals surface area contributed by atoms with Crippen molar-refractivity contribution in [2.75, 3.05) is 20.3 Å². The minimum Gasteiger partial charge on any atom is -0.468 e. The molecule has 4 heteroatoms. The first kappa shape index (κ1) is 16.4. The van der Waals surface area contributed by atoms with Crippen LogP contribution in [0.15, 0.2) is 0 Å². The monoisotopic (exact) mass is 271 g/mol. The Bertz CT molecular complexity index is 295. The Balaban J connectivity index is 2.50. The van der Waals surface area contributed by atoms with Gasteiger partial charge in [-0.15, -0.1) is 0 Å². The Hall–Kier alpha value is -0.610. The van der Waals surface area contributed by atoms with E-state index >= 15 is 0 Å². The average molecular weight is 271 g/mol. The molecule has 0 heterocycles. The molecule has 1 fully saturated rings. The van der Waals surface area contributed by atoms with Crippen LogP contribution in [0.25, 0.3) is 0 Å². The molecule has 1 N–H and O–H groups in total. The van der Waals surface area contributed by atoms with Gasteiger partial charge in [0.15, 0.2) is 0 Å². The van der Waals surface area contributed by atoms with Gasteiger partial charge in [0.05, 0.1) is 19.8 Å². The molecule has 0 saturated heterocycles. The minimum absolute atomic E-state index is 0.258. The molecular formula is C15H29NO3. The third-order valence-corrected chi connectivity index (χ3v) is 4.36. The Morgan fingerprint density at radius 1 is 1.32 bits per heavy atom. The first-order valence-electron chi connectivity index (χ1n) is 7.38. The summed E-state index contributed by atoms with van der Waals surface area (Å²) >= 11 is 0. The van der Waals surface area contributed by atoms with Crippen molar-refractivity contribution >= 4 is 5.97 Å². The molecule has 0 aromatic rings. The molecule has 0 amide bonds. The highest BCUT2D eigenvalue weighted by molar-refractivity contribution is 5.80. The van der Waals surface area contributed by atoms with Gasteiger partial charge in [0.2, 0.25) is 0 Å². The van der Waals surface area contributed by atoms with Gasteiger partial charge in [0.25, 0.3) is 0 Å². The molecule has 0 spiro atoms. The van der Waals surface area contributed by atoms with E-state index in [1.54, 1.807) is 0 Å². The van der Waals surface area contributed by atoms with Crippen LogP contribution in [-0.2, 0) is 14.3 Å². The Labute approximate surface area is 117 Å². The molecule has 4 unspecified atom stereocenters. The quantitative estimate of drug-likeness (QED) is 0.753. The minimum atomic E-state index is -0.740. The first-order chi connectivity index (χ1) is 8.92. The predicted octanol–water partition coefficient (Wildman–Crippen LogP) is 2.37. The third-order valence-electron chi connectivity index (χ3n) is 4.36. The van der Waals surface area contributed by atoms with Crippen molar-refractivity contribution in [3.05, 3.63) is 0 Å². The lowest BCUT2D eigenvalue weighted by Crippen LogP contribution is -2.54. The van der Waals surface area contributed by atoms with Gasteiger partial charge in [-0.1, -0.05) is 20.8 Å². The Morgan fingerprint density at radius 2 is 2.00 bits per heavy atom. The van der Waals surface area contributed by atoms with Gasteiger partial charge in [0.1, 0.15) is 5.54 Å². The molecule has 0 radical (unpaired) electrons. The van der Waals surface area contributed by atoms with Crippen LogP contribution in [0.5, 0.6) is 0 Å². The number of hydrogen-bond donors (Lipinski definition) is 1. The second-order valence-corrected chi connectivity index (χ2v) is 6.05. The number of likely N-dealkylation sites (N-methyl/N-ethyl adjacent to an activating group) is 1. The number of hydrogen-bond acceptors (Lipinski definition) is 4. The standard InChI is InChI=1S/C15H29NO3/c1-6-16-15(4,14(17)18-5)10-19-13-8-7-11(2)12(3)9-13/h11-13,16H,6-10H2,1-5H3. The van der Waals surface area contributed by atoms with Gasteiger partial charge in [0, 0.05) is 0 Å². The van der Waals surface area contributed by atoms with Crippen molar-refractivity contribution in [2.24, 2.45) is 11.8 Å². The largest absolute Gasteiger partial charge is 0.468 e. The fourth-order valence-electron chi connectivity index (χ4n) is 2.73. The van der Waals surface area contributed by atoms with E-state index in [9.17, 15) is 4.79 Å². The zero-order valence-electron chi connectivity index (χ0n) is 13.0. The Kier molecular flexibility index (Phi) is 6.27. The number of carbonyl (C=O) groups excluding carboxylic acids is 1. The van der Waals surface area contributed by atoms with Crippen molar-refractivity contribution in [1.29, 1.82) is 0 Å². The normalized spacial score (nSPS) is 30.7. The summed E-state index contributed by atoms with van der Waals surface area (Å²) in [7, 11) is 1.42. The third kappa shape index (κ3) is 4.46. The van der Waals surface area contributed by atoms with Gasteiger partial charge < -0.3 is 14.8 Å². The van der Waals surface area contributed by atoms with Crippen LogP contribution in [0.4, 0.5) is 0 Å². The fourth-order valence-corrected chi connectivity index (χ4v) is 2.73. The topological polar surface area (TPSA) is 47.6 Å². The fraction of sp³-hybridized carbons (Fsp3) is 0.933. The van der Waals surface area contributed by atoms with Crippen LogP contribution in [0.2, 0.25) is 0 Å². The first-order valence-corrected chi connectivity index (χ1v) is 7.38.